The molecule has 0 fully saturated rings. The summed E-state index contributed by atoms with van der Waals surface area (Å²) in [5.41, 5.74) is 4.16. The van der Waals surface area contributed by atoms with Gasteiger partial charge in [0.1, 0.15) is 5.82 Å². The third-order valence-corrected chi connectivity index (χ3v) is 2.50. The number of methoxy groups -OCH3 is 1. The average Bonchev–Trinajstić information content (AvgIpc) is 2.33. The van der Waals surface area contributed by atoms with Crippen LogP contribution < -0.4 is 11.3 Å². The van der Waals surface area contributed by atoms with Crippen molar-refractivity contribution < 1.29 is 13.9 Å². The number of nitrogens with one attached hydrogen (secondary N) is 1. The molecule has 1 unspecified atom stereocenters. The first kappa shape index (κ1) is 14.1. The summed E-state index contributed by atoms with van der Waals surface area (Å²) in [6.45, 7) is 3.19. The van der Waals surface area contributed by atoms with Crippen molar-refractivity contribution in [2.45, 2.75) is 13.0 Å². The lowest BCUT2D eigenvalue weighted by atomic mass is 10.1. The van der Waals surface area contributed by atoms with Gasteiger partial charge in [0.2, 0.25) is 0 Å². The molecule has 0 radical (unpaired) electrons. The van der Waals surface area contributed by atoms with Crippen LogP contribution in [0.15, 0.2) is 18.2 Å². The number of rotatable bonds is 7. The fourth-order valence-corrected chi connectivity index (χ4v) is 1.47. The van der Waals surface area contributed by atoms with Gasteiger partial charge < -0.3 is 9.47 Å². The van der Waals surface area contributed by atoms with Crippen LogP contribution in [0.2, 0.25) is 0 Å². The number of ether oxygens (including phenoxy) is 2. The third kappa shape index (κ3) is 4.40. The number of hydrogen-bond acceptors (Lipinski definition) is 4. The molecule has 3 N–H and O–H groups in total. The summed E-state index contributed by atoms with van der Waals surface area (Å²) < 4.78 is 23.4. The Hall–Kier alpha value is -1.01. The first-order valence-electron chi connectivity index (χ1n) is 5.48. The van der Waals surface area contributed by atoms with E-state index in [0.29, 0.717) is 25.4 Å². The predicted molar refractivity (Wildman–Crippen MR) is 63.9 cm³/mol. The molecule has 1 atom stereocenters. The second-order valence-corrected chi connectivity index (χ2v) is 3.80. The number of benzene rings is 1. The molecule has 17 heavy (non-hydrogen) atoms. The Labute approximate surface area is 101 Å². The molecule has 0 aliphatic heterocycles. The van der Waals surface area contributed by atoms with Crippen molar-refractivity contribution in [2.75, 3.05) is 26.9 Å². The minimum Gasteiger partial charge on any atom is -0.382 e. The molecule has 0 aliphatic carbocycles. The summed E-state index contributed by atoms with van der Waals surface area (Å²) in [7, 11) is 1.62. The molecule has 0 saturated carbocycles. The standard InChI is InChI=1S/C12H19FN2O2/c1-9-7-10(3-4-11(9)13)12(15-14)8-17-6-5-16-2/h3-4,7,12,15H,5-6,8,14H2,1-2H3. The van der Waals surface area contributed by atoms with Crippen molar-refractivity contribution >= 4 is 0 Å². The van der Waals surface area contributed by atoms with Crippen LogP contribution >= 0.6 is 0 Å². The second kappa shape index (κ2) is 7.34. The van der Waals surface area contributed by atoms with Crippen molar-refractivity contribution in [1.82, 2.24) is 5.43 Å². The summed E-state index contributed by atoms with van der Waals surface area (Å²) in [6, 6.07) is 4.75. The number of hydrogen-bond donors (Lipinski definition) is 2. The Kier molecular flexibility index (Phi) is 6.07. The number of aryl methyl sites for hydroxylation is 1. The zero-order valence-electron chi connectivity index (χ0n) is 10.2. The van der Waals surface area contributed by atoms with E-state index in [1.165, 1.54) is 6.07 Å². The van der Waals surface area contributed by atoms with Gasteiger partial charge in [-0.1, -0.05) is 12.1 Å². The van der Waals surface area contributed by atoms with Crippen LogP contribution in [0.5, 0.6) is 0 Å². The van der Waals surface area contributed by atoms with Crippen molar-refractivity contribution in [1.29, 1.82) is 0 Å². The average molecular weight is 242 g/mol. The molecule has 96 valence electrons. The van der Waals surface area contributed by atoms with Crippen LogP contribution in [-0.4, -0.2) is 26.9 Å². The first-order chi connectivity index (χ1) is 8.19. The van der Waals surface area contributed by atoms with E-state index in [1.54, 1.807) is 26.2 Å². The maximum Gasteiger partial charge on any atom is 0.126 e. The van der Waals surface area contributed by atoms with Gasteiger partial charge in [-0.3, -0.25) is 11.3 Å². The highest BCUT2D eigenvalue weighted by Gasteiger charge is 2.11. The molecule has 0 aromatic heterocycles. The minimum absolute atomic E-state index is 0.147. The maximum atomic E-state index is 13.1. The smallest absolute Gasteiger partial charge is 0.126 e. The van der Waals surface area contributed by atoms with Gasteiger partial charge in [-0.15, -0.1) is 0 Å². The van der Waals surface area contributed by atoms with Crippen LogP contribution in [0.25, 0.3) is 0 Å². The third-order valence-electron chi connectivity index (χ3n) is 2.50. The van der Waals surface area contributed by atoms with Crippen LogP contribution in [0.1, 0.15) is 17.2 Å². The maximum absolute atomic E-state index is 13.1. The second-order valence-electron chi connectivity index (χ2n) is 3.80. The largest absolute Gasteiger partial charge is 0.382 e. The summed E-state index contributed by atoms with van der Waals surface area (Å²) >= 11 is 0. The van der Waals surface area contributed by atoms with Crippen molar-refractivity contribution in [2.24, 2.45) is 5.84 Å². The summed E-state index contributed by atoms with van der Waals surface area (Å²) in [5, 5.41) is 0. The fraction of sp³-hybridized carbons (Fsp3) is 0.500. The quantitative estimate of drug-likeness (QED) is 0.430. The lowest BCUT2D eigenvalue weighted by Crippen LogP contribution is -2.31. The molecule has 1 rings (SSSR count). The van der Waals surface area contributed by atoms with E-state index in [-0.39, 0.29) is 11.9 Å². The lowest BCUT2D eigenvalue weighted by molar-refractivity contribution is 0.0586. The van der Waals surface area contributed by atoms with Crippen LogP contribution in [-0.2, 0) is 9.47 Å². The Morgan fingerprint density at radius 3 is 2.76 bits per heavy atom. The first-order valence-corrected chi connectivity index (χ1v) is 5.48. The van der Waals surface area contributed by atoms with Gasteiger partial charge in [-0.25, -0.2) is 4.39 Å². The highest BCUT2D eigenvalue weighted by atomic mass is 19.1. The van der Waals surface area contributed by atoms with E-state index >= 15 is 0 Å². The Bertz CT molecular complexity index is 347. The SMILES string of the molecule is COCCOCC(NN)c1ccc(F)c(C)c1. The summed E-state index contributed by atoms with van der Waals surface area (Å²) in [6.07, 6.45) is 0. The summed E-state index contributed by atoms with van der Waals surface area (Å²) in [4.78, 5) is 0. The number of hydrazine groups is 1. The van der Waals surface area contributed by atoms with Gasteiger partial charge in [-0.2, -0.15) is 0 Å². The van der Waals surface area contributed by atoms with E-state index < -0.39 is 0 Å². The normalized spacial score (nSPS) is 12.7. The molecule has 5 heteroatoms. The molecule has 0 saturated heterocycles. The van der Waals surface area contributed by atoms with E-state index in [4.69, 9.17) is 15.3 Å². The Morgan fingerprint density at radius 1 is 1.41 bits per heavy atom. The van der Waals surface area contributed by atoms with E-state index in [9.17, 15) is 4.39 Å². The van der Waals surface area contributed by atoms with E-state index in [2.05, 4.69) is 5.43 Å². The predicted octanol–water partition coefficient (Wildman–Crippen LogP) is 1.30. The van der Waals surface area contributed by atoms with E-state index in [0.717, 1.165) is 5.56 Å². The molecule has 4 nitrogen and oxygen atoms in total. The van der Waals surface area contributed by atoms with Crippen molar-refractivity contribution in [3.05, 3.63) is 35.1 Å². The molecule has 0 amide bonds. The zero-order valence-corrected chi connectivity index (χ0v) is 10.2. The molecule has 0 heterocycles. The molecular weight excluding hydrogens is 223 g/mol. The van der Waals surface area contributed by atoms with Crippen molar-refractivity contribution in [3.63, 3.8) is 0 Å². The monoisotopic (exact) mass is 242 g/mol. The van der Waals surface area contributed by atoms with Gasteiger partial charge in [0.15, 0.2) is 0 Å². The topological polar surface area (TPSA) is 56.5 Å². The van der Waals surface area contributed by atoms with Gasteiger partial charge in [0.25, 0.3) is 0 Å². The van der Waals surface area contributed by atoms with Gasteiger partial charge in [0, 0.05) is 7.11 Å². The highest BCUT2D eigenvalue weighted by molar-refractivity contribution is 5.26. The molecular formula is C12H19FN2O2. The number of nitrogens with two attached hydrogens (primary N) is 1. The highest BCUT2D eigenvalue weighted by Crippen LogP contribution is 2.16. The van der Waals surface area contributed by atoms with Crippen molar-refractivity contribution in [3.8, 4) is 0 Å². The molecule has 1 aromatic rings. The van der Waals surface area contributed by atoms with Gasteiger partial charge in [0.05, 0.1) is 25.9 Å². The molecule has 0 bridgehead atoms. The van der Waals surface area contributed by atoms with Gasteiger partial charge in [-0.05, 0) is 24.1 Å². The Morgan fingerprint density at radius 2 is 2.18 bits per heavy atom. The molecule has 1 aromatic carbocycles. The van der Waals surface area contributed by atoms with Crippen LogP contribution in [0.4, 0.5) is 4.39 Å². The van der Waals surface area contributed by atoms with E-state index in [1.807, 2.05) is 0 Å². The molecule has 0 aliphatic rings. The van der Waals surface area contributed by atoms with Gasteiger partial charge >= 0.3 is 0 Å². The number of halogens is 1. The Balaban J connectivity index is 2.56. The molecule has 0 spiro atoms. The minimum atomic E-state index is -0.218. The van der Waals surface area contributed by atoms with Crippen LogP contribution in [0.3, 0.4) is 0 Å². The van der Waals surface area contributed by atoms with Crippen LogP contribution in [0, 0.1) is 12.7 Å². The summed E-state index contributed by atoms with van der Waals surface area (Å²) in [5.74, 6) is 5.23. The fourth-order valence-electron chi connectivity index (χ4n) is 1.47. The zero-order chi connectivity index (χ0) is 12.7. The lowest BCUT2D eigenvalue weighted by Gasteiger charge is -2.17.